The average molecular weight is 197 g/mol. The van der Waals surface area contributed by atoms with Gasteiger partial charge in [0.25, 0.3) is 0 Å². The molecule has 0 amide bonds. The fourth-order valence-corrected chi connectivity index (χ4v) is 2.00. The summed E-state index contributed by atoms with van der Waals surface area (Å²) in [5.41, 5.74) is 7.12. The Bertz CT molecular complexity index is 216. The van der Waals surface area contributed by atoms with Crippen LogP contribution in [0.25, 0.3) is 0 Å². The van der Waals surface area contributed by atoms with Gasteiger partial charge in [-0.3, -0.25) is 0 Å². The number of rotatable bonds is 4. The Morgan fingerprint density at radius 3 is 2.77 bits per heavy atom. The maximum absolute atomic E-state index is 5.66. The molecule has 0 fully saturated rings. The topological polar surface area (TPSA) is 26.0 Å². The molecule has 13 heavy (non-hydrogen) atoms. The van der Waals surface area contributed by atoms with Gasteiger partial charge in [0.1, 0.15) is 0 Å². The van der Waals surface area contributed by atoms with E-state index in [1.165, 1.54) is 18.4 Å². The van der Waals surface area contributed by atoms with E-state index in [2.05, 4.69) is 32.1 Å². The van der Waals surface area contributed by atoms with E-state index in [0.29, 0.717) is 0 Å². The largest absolute Gasteiger partial charge is 0.329 e. The van der Waals surface area contributed by atoms with E-state index in [1.807, 2.05) is 11.8 Å². The van der Waals surface area contributed by atoms with E-state index < -0.39 is 0 Å². The van der Waals surface area contributed by atoms with Gasteiger partial charge in [-0.1, -0.05) is 18.2 Å². The van der Waals surface area contributed by atoms with E-state index in [-0.39, 0.29) is 4.75 Å². The minimum absolute atomic E-state index is 0.214. The van der Waals surface area contributed by atoms with Gasteiger partial charge in [-0.05, 0) is 32.3 Å². The van der Waals surface area contributed by atoms with Crippen LogP contribution >= 0.6 is 11.8 Å². The van der Waals surface area contributed by atoms with Crippen molar-refractivity contribution < 1.29 is 0 Å². The van der Waals surface area contributed by atoms with Gasteiger partial charge >= 0.3 is 0 Å². The lowest BCUT2D eigenvalue weighted by Crippen LogP contribution is -2.27. The predicted octanol–water partition coefficient (Wildman–Crippen LogP) is 2.73. The molecule has 0 saturated heterocycles. The van der Waals surface area contributed by atoms with Gasteiger partial charge in [-0.2, -0.15) is 0 Å². The lowest BCUT2D eigenvalue weighted by atomic mass is 10.1. The van der Waals surface area contributed by atoms with Crippen LogP contribution in [0.5, 0.6) is 0 Å². The third kappa shape index (κ3) is 4.01. The monoisotopic (exact) mass is 197 g/mol. The average Bonchev–Trinajstić information content (AvgIpc) is 2.17. The Kier molecular flexibility index (Phi) is 4.07. The van der Waals surface area contributed by atoms with E-state index in [0.717, 1.165) is 12.3 Å². The minimum atomic E-state index is 0.214. The van der Waals surface area contributed by atoms with Crippen LogP contribution in [0.4, 0.5) is 0 Å². The Hall–Kier alpha value is -0.210. The van der Waals surface area contributed by atoms with Crippen LogP contribution in [0, 0.1) is 0 Å². The van der Waals surface area contributed by atoms with E-state index in [1.54, 1.807) is 0 Å². The number of hydrogen-bond donors (Lipinski definition) is 1. The van der Waals surface area contributed by atoms with E-state index in [9.17, 15) is 0 Å². The molecule has 0 aromatic rings. The van der Waals surface area contributed by atoms with Crippen LogP contribution in [0.3, 0.4) is 0 Å². The summed E-state index contributed by atoms with van der Waals surface area (Å²) in [4.78, 5) is 0. The van der Waals surface area contributed by atoms with Crippen molar-refractivity contribution in [2.45, 2.75) is 31.4 Å². The molecule has 2 N–H and O–H groups in total. The first-order valence-electron chi connectivity index (χ1n) is 4.84. The van der Waals surface area contributed by atoms with E-state index >= 15 is 0 Å². The zero-order valence-electron chi connectivity index (χ0n) is 8.55. The molecule has 0 saturated carbocycles. The second-order valence-electron chi connectivity index (χ2n) is 4.01. The highest BCUT2D eigenvalue weighted by molar-refractivity contribution is 8.00. The maximum atomic E-state index is 5.66. The lowest BCUT2D eigenvalue weighted by molar-refractivity contribution is 0.724. The Morgan fingerprint density at radius 2 is 2.23 bits per heavy atom. The van der Waals surface area contributed by atoms with Crippen molar-refractivity contribution >= 4 is 11.8 Å². The van der Waals surface area contributed by atoms with Crippen LogP contribution in [-0.4, -0.2) is 17.0 Å². The second kappa shape index (κ2) is 4.87. The second-order valence-corrected chi connectivity index (χ2v) is 5.69. The van der Waals surface area contributed by atoms with Crippen molar-refractivity contribution in [3.05, 3.63) is 23.8 Å². The molecule has 2 heteroatoms. The van der Waals surface area contributed by atoms with Crippen LogP contribution in [0.1, 0.15) is 26.7 Å². The van der Waals surface area contributed by atoms with Crippen LogP contribution < -0.4 is 5.73 Å². The molecular formula is C11H19NS. The first-order valence-corrected chi connectivity index (χ1v) is 5.82. The molecule has 0 aromatic heterocycles. The Morgan fingerprint density at radius 1 is 1.46 bits per heavy atom. The number of thioether (sulfide) groups is 1. The molecule has 0 spiro atoms. The quantitative estimate of drug-likeness (QED) is 0.750. The number of hydrogen-bond acceptors (Lipinski definition) is 2. The minimum Gasteiger partial charge on any atom is -0.329 e. The molecule has 1 aliphatic carbocycles. The predicted molar refractivity (Wildman–Crippen MR) is 62.0 cm³/mol. The summed E-state index contributed by atoms with van der Waals surface area (Å²) in [6, 6.07) is 0. The van der Waals surface area contributed by atoms with Crippen molar-refractivity contribution in [3.8, 4) is 0 Å². The summed E-state index contributed by atoms with van der Waals surface area (Å²) in [7, 11) is 0. The third-order valence-corrected chi connectivity index (χ3v) is 3.62. The summed E-state index contributed by atoms with van der Waals surface area (Å²) in [6.07, 6.45) is 9.23. The number of allylic oxidation sites excluding steroid dienone is 3. The highest BCUT2D eigenvalue weighted by atomic mass is 32.2. The van der Waals surface area contributed by atoms with Crippen molar-refractivity contribution in [3.63, 3.8) is 0 Å². The van der Waals surface area contributed by atoms with Gasteiger partial charge in [0.05, 0.1) is 0 Å². The highest BCUT2D eigenvalue weighted by Gasteiger charge is 2.15. The molecule has 74 valence electrons. The molecule has 1 rings (SSSR count). The van der Waals surface area contributed by atoms with E-state index in [4.69, 9.17) is 5.73 Å². The molecule has 0 bridgehead atoms. The fourth-order valence-electron chi connectivity index (χ4n) is 1.11. The van der Waals surface area contributed by atoms with Crippen molar-refractivity contribution in [2.75, 3.05) is 12.3 Å². The first kappa shape index (κ1) is 10.9. The maximum Gasteiger partial charge on any atom is 0.0229 e. The van der Waals surface area contributed by atoms with Gasteiger partial charge in [-0.25, -0.2) is 0 Å². The zero-order valence-corrected chi connectivity index (χ0v) is 9.36. The molecule has 0 atom stereocenters. The summed E-state index contributed by atoms with van der Waals surface area (Å²) in [5.74, 6) is 1.10. The van der Waals surface area contributed by atoms with Gasteiger partial charge < -0.3 is 5.73 Å². The van der Waals surface area contributed by atoms with Gasteiger partial charge in [0.2, 0.25) is 0 Å². The molecule has 0 unspecified atom stereocenters. The highest BCUT2D eigenvalue weighted by Crippen LogP contribution is 2.26. The third-order valence-electron chi connectivity index (χ3n) is 2.19. The first-order chi connectivity index (χ1) is 6.14. The molecule has 0 radical (unpaired) electrons. The van der Waals surface area contributed by atoms with Crippen molar-refractivity contribution in [2.24, 2.45) is 5.73 Å². The molecule has 1 aliphatic rings. The lowest BCUT2D eigenvalue weighted by Gasteiger charge is -2.22. The van der Waals surface area contributed by atoms with Gasteiger partial charge in [0, 0.05) is 17.0 Å². The Balaban J connectivity index is 2.33. The smallest absolute Gasteiger partial charge is 0.0229 e. The summed E-state index contributed by atoms with van der Waals surface area (Å²) >= 11 is 1.94. The molecule has 0 aliphatic heterocycles. The summed E-state index contributed by atoms with van der Waals surface area (Å²) in [6.45, 7) is 5.14. The van der Waals surface area contributed by atoms with Crippen molar-refractivity contribution in [1.82, 2.24) is 0 Å². The van der Waals surface area contributed by atoms with Crippen LogP contribution in [0.15, 0.2) is 23.8 Å². The SMILES string of the molecule is CC(C)(CN)SCC1=CCCC=C1. The van der Waals surface area contributed by atoms with Crippen molar-refractivity contribution in [1.29, 1.82) is 0 Å². The summed E-state index contributed by atoms with van der Waals surface area (Å²) < 4.78 is 0.214. The summed E-state index contributed by atoms with van der Waals surface area (Å²) in [5, 5.41) is 0. The van der Waals surface area contributed by atoms with Crippen LogP contribution in [0.2, 0.25) is 0 Å². The molecular weight excluding hydrogens is 178 g/mol. The fraction of sp³-hybridized carbons (Fsp3) is 0.636. The Labute approximate surface area is 85.5 Å². The zero-order chi connectivity index (χ0) is 9.73. The number of nitrogens with two attached hydrogens (primary N) is 1. The normalized spacial score (nSPS) is 17.3. The van der Waals surface area contributed by atoms with Gasteiger partial charge in [-0.15, -0.1) is 11.8 Å². The van der Waals surface area contributed by atoms with Crippen LogP contribution in [-0.2, 0) is 0 Å². The van der Waals surface area contributed by atoms with Gasteiger partial charge in [0.15, 0.2) is 0 Å². The molecule has 0 aromatic carbocycles. The molecule has 0 heterocycles. The molecule has 1 nitrogen and oxygen atoms in total. The standard InChI is InChI=1S/C11H19NS/c1-11(2,9-12)13-8-10-6-4-3-5-7-10/h4,6-7H,3,5,8-9,12H2,1-2H3.